The number of aliphatic hydroxyl groups excluding tert-OH is 1. The normalized spacial score (nSPS) is 3.75. The molecule has 0 rings (SSSR count). The van der Waals surface area contributed by atoms with Crippen LogP contribution in [-0.4, -0.2) is 29.2 Å². The van der Waals surface area contributed by atoms with Gasteiger partial charge in [0, 0.05) is 6.54 Å². The fraction of sp³-hybridized carbons (Fsp3) is 1.00. The van der Waals surface area contributed by atoms with Gasteiger partial charge in [0.2, 0.25) is 0 Å². The van der Waals surface area contributed by atoms with E-state index in [1.807, 2.05) is 0 Å². The van der Waals surface area contributed by atoms with E-state index in [2.05, 4.69) is 0 Å². The Morgan fingerprint density at radius 2 is 1.38 bits per heavy atom. The third kappa shape index (κ3) is 39.2. The summed E-state index contributed by atoms with van der Waals surface area (Å²) in [4.78, 5) is 0. The standard InChI is InChI=1S/C2H7NO.K.Na.2H2O/c3-1-2-4;;;;/h4H,1-3H2;;;2*1H2/q;2*+1;;/p-2. The average Bonchev–Trinajstić information content (AvgIpc) is 1.37. The second-order valence-electron chi connectivity index (χ2n) is 0.512. The minimum atomic E-state index is 0. The Hall–Kier alpha value is 2.48. The van der Waals surface area contributed by atoms with Gasteiger partial charge in [-0.15, -0.1) is 0 Å². The van der Waals surface area contributed by atoms with Crippen molar-refractivity contribution in [2.45, 2.75) is 0 Å². The third-order valence-corrected chi connectivity index (χ3v) is 0.129. The molecule has 0 aliphatic carbocycles. The van der Waals surface area contributed by atoms with Crippen LogP contribution in [0.3, 0.4) is 0 Å². The summed E-state index contributed by atoms with van der Waals surface area (Å²) in [5.74, 6) is 0. The monoisotopic (exact) mass is 157 g/mol. The first-order chi connectivity index (χ1) is 1.91. The minimum absolute atomic E-state index is 0. The maximum Gasteiger partial charge on any atom is 1.00 e. The molecule has 6 heteroatoms. The molecule has 5 N–H and O–H groups in total. The topological polar surface area (TPSA) is 106 Å². The quantitative estimate of drug-likeness (QED) is 0.369. The SMILES string of the molecule is NCCO.[K+].[Na+].[OH-].[OH-]. The van der Waals surface area contributed by atoms with E-state index >= 15 is 0 Å². The van der Waals surface area contributed by atoms with Crippen molar-refractivity contribution < 1.29 is 97.0 Å². The fourth-order valence-corrected chi connectivity index (χ4v) is 0. The molecule has 0 aliphatic heterocycles. The Kier molecular flexibility index (Phi) is 133. The molecule has 0 aromatic heterocycles. The number of aliphatic hydroxyl groups is 1. The van der Waals surface area contributed by atoms with Crippen LogP contribution < -0.4 is 86.7 Å². The van der Waals surface area contributed by atoms with Gasteiger partial charge in [0.25, 0.3) is 0 Å². The van der Waals surface area contributed by atoms with E-state index < -0.39 is 0 Å². The van der Waals surface area contributed by atoms with Gasteiger partial charge in [0.15, 0.2) is 0 Å². The molecule has 0 fully saturated rings. The molecular formula is C2H9KNNaO3. The first kappa shape index (κ1) is 31.4. The molecule has 42 valence electrons. The Bertz CT molecular complexity index is 19.2. The summed E-state index contributed by atoms with van der Waals surface area (Å²) in [6.07, 6.45) is 0. The average molecular weight is 157 g/mol. The molecule has 0 unspecified atom stereocenters. The molecule has 8 heavy (non-hydrogen) atoms. The largest absolute Gasteiger partial charge is 1.00 e. The summed E-state index contributed by atoms with van der Waals surface area (Å²) in [7, 11) is 0. The van der Waals surface area contributed by atoms with E-state index in [9.17, 15) is 0 Å². The third-order valence-electron chi connectivity index (χ3n) is 0.129. The summed E-state index contributed by atoms with van der Waals surface area (Å²) in [6, 6.07) is 0. The van der Waals surface area contributed by atoms with Crippen LogP contribution in [0.1, 0.15) is 0 Å². The van der Waals surface area contributed by atoms with Crippen molar-refractivity contribution in [2.75, 3.05) is 13.2 Å². The maximum atomic E-state index is 7.75. The van der Waals surface area contributed by atoms with E-state index in [4.69, 9.17) is 10.8 Å². The first-order valence-electron chi connectivity index (χ1n) is 1.22. The van der Waals surface area contributed by atoms with Gasteiger partial charge < -0.3 is 21.8 Å². The number of nitrogens with two attached hydrogens (primary N) is 1. The van der Waals surface area contributed by atoms with Crippen LogP contribution in [0.15, 0.2) is 0 Å². The van der Waals surface area contributed by atoms with Crippen molar-refractivity contribution in [1.29, 1.82) is 0 Å². The molecule has 0 aromatic rings. The molecule has 0 radical (unpaired) electrons. The van der Waals surface area contributed by atoms with Gasteiger partial charge in [-0.2, -0.15) is 0 Å². The van der Waals surface area contributed by atoms with Gasteiger partial charge in [0.05, 0.1) is 6.61 Å². The van der Waals surface area contributed by atoms with Crippen LogP contribution in [0.25, 0.3) is 0 Å². The van der Waals surface area contributed by atoms with Crippen LogP contribution in [0.2, 0.25) is 0 Å². The molecule has 0 heterocycles. The zero-order valence-electron chi connectivity index (χ0n) is 5.33. The van der Waals surface area contributed by atoms with Crippen molar-refractivity contribution in [2.24, 2.45) is 5.73 Å². The van der Waals surface area contributed by atoms with E-state index in [-0.39, 0.29) is 98.5 Å². The summed E-state index contributed by atoms with van der Waals surface area (Å²) >= 11 is 0. The Labute approximate surface area is 114 Å². The molecule has 0 atom stereocenters. The van der Waals surface area contributed by atoms with Crippen molar-refractivity contribution in [3.63, 3.8) is 0 Å². The summed E-state index contributed by atoms with van der Waals surface area (Å²) in [5.41, 5.74) is 4.78. The minimum Gasteiger partial charge on any atom is -0.870 e. The van der Waals surface area contributed by atoms with Gasteiger partial charge in [-0.05, 0) is 0 Å². The molecular weight excluding hydrogens is 148 g/mol. The summed E-state index contributed by atoms with van der Waals surface area (Å²) in [5, 5.41) is 7.75. The van der Waals surface area contributed by atoms with Gasteiger partial charge in [0.1, 0.15) is 0 Å². The van der Waals surface area contributed by atoms with Crippen LogP contribution in [-0.2, 0) is 0 Å². The molecule has 0 aromatic carbocycles. The molecule has 0 saturated carbocycles. The summed E-state index contributed by atoms with van der Waals surface area (Å²) in [6.45, 7) is 0.472. The predicted molar refractivity (Wildman–Crippen MR) is 20.0 cm³/mol. The maximum absolute atomic E-state index is 7.75. The van der Waals surface area contributed by atoms with Crippen molar-refractivity contribution in [3.8, 4) is 0 Å². The number of hydrogen-bond donors (Lipinski definition) is 2. The smallest absolute Gasteiger partial charge is 0.870 e. The van der Waals surface area contributed by atoms with Gasteiger partial charge in [-0.1, -0.05) is 0 Å². The van der Waals surface area contributed by atoms with Crippen LogP contribution in [0.5, 0.6) is 0 Å². The Morgan fingerprint density at radius 1 is 1.25 bits per heavy atom. The predicted octanol–water partition coefficient (Wildman–Crippen LogP) is -7.41. The van der Waals surface area contributed by atoms with Crippen molar-refractivity contribution in [1.82, 2.24) is 0 Å². The van der Waals surface area contributed by atoms with E-state index in [0.717, 1.165) is 0 Å². The second-order valence-corrected chi connectivity index (χ2v) is 0.512. The van der Waals surface area contributed by atoms with E-state index in [1.54, 1.807) is 0 Å². The first-order valence-corrected chi connectivity index (χ1v) is 1.22. The number of rotatable bonds is 1. The zero-order chi connectivity index (χ0) is 3.41. The van der Waals surface area contributed by atoms with Crippen LogP contribution in [0, 0.1) is 0 Å². The molecule has 0 saturated heterocycles. The van der Waals surface area contributed by atoms with Gasteiger partial charge in [-0.3, -0.25) is 0 Å². The van der Waals surface area contributed by atoms with Crippen molar-refractivity contribution >= 4 is 0 Å². The Balaban J connectivity index is -0.00000000750. The number of hydrogen-bond acceptors (Lipinski definition) is 4. The molecule has 4 nitrogen and oxygen atoms in total. The zero-order valence-corrected chi connectivity index (χ0v) is 10.5. The molecule has 0 aliphatic rings. The summed E-state index contributed by atoms with van der Waals surface area (Å²) < 4.78 is 0. The van der Waals surface area contributed by atoms with Crippen LogP contribution >= 0.6 is 0 Å². The second kappa shape index (κ2) is 34.0. The molecule has 0 bridgehead atoms. The van der Waals surface area contributed by atoms with Gasteiger partial charge >= 0.3 is 80.9 Å². The van der Waals surface area contributed by atoms with E-state index in [0.29, 0.717) is 6.54 Å². The van der Waals surface area contributed by atoms with E-state index in [1.165, 1.54) is 0 Å². The van der Waals surface area contributed by atoms with Crippen LogP contribution in [0.4, 0.5) is 0 Å². The molecule has 0 spiro atoms. The van der Waals surface area contributed by atoms with Crippen molar-refractivity contribution in [3.05, 3.63) is 0 Å². The Morgan fingerprint density at radius 3 is 1.38 bits per heavy atom. The fourth-order valence-electron chi connectivity index (χ4n) is 0. The molecule has 0 amide bonds. The van der Waals surface area contributed by atoms with Gasteiger partial charge in [-0.25, -0.2) is 0 Å².